The van der Waals surface area contributed by atoms with Crippen molar-refractivity contribution in [3.63, 3.8) is 0 Å². The predicted molar refractivity (Wildman–Crippen MR) is 113 cm³/mol. The zero-order chi connectivity index (χ0) is 19.8. The summed E-state index contributed by atoms with van der Waals surface area (Å²) in [6.07, 6.45) is 5.67. The fourth-order valence-corrected chi connectivity index (χ4v) is 3.99. The van der Waals surface area contributed by atoms with E-state index in [1.807, 2.05) is 24.4 Å². The van der Waals surface area contributed by atoms with Gasteiger partial charge in [0.05, 0.1) is 12.1 Å². The Morgan fingerprint density at radius 1 is 1.24 bits per heavy atom. The topological polar surface area (TPSA) is 67.0 Å². The molecule has 1 aliphatic heterocycles. The minimum atomic E-state index is -0.158. The number of amides is 1. The Balaban J connectivity index is 1.37. The zero-order valence-corrected chi connectivity index (χ0v) is 16.2. The van der Waals surface area contributed by atoms with Crippen LogP contribution >= 0.6 is 11.6 Å². The Morgan fingerprint density at radius 2 is 2.17 bits per heavy atom. The zero-order valence-electron chi connectivity index (χ0n) is 15.5. The molecule has 5 nitrogen and oxygen atoms in total. The molecule has 1 unspecified atom stereocenters. The van der Waals surface area contributed by atoms with E-state index in [1.54, 1.807) is 24.5 Å². The van der Waals surface area contributed by atoms with Crippen LogP contribution in [0.15, 0.2) is 67.1 Å². The average molecular weight is 404 g/mol. The van der Waals surface area contributed by atoms with Crippen molar-refractivity contribution in [2.75, 3.05) is 6.54 Å². The number of ether oxygens (including phenoxy) is 1. The van der Waals surface area contributed by atoms with E-state index in [1.165, 1.54) is 0 Å². The van der Waals surface area contributed by atoms with Crippen molar-refractivity contribution in [3.8, 4) is 16.9 Å². The average Bonchev–Trinajstić information content (AvgIpc) is 3.37. The molecule has 2 N–H and O–H groups in total. The number of fused-ring (bicyclic) bond motifs is 2. The Morgan fingerprint density at radius 3 is 3.03 bits per heavy atom. The lowest BCUT2D eigenvalue weighted by Gasteiger charge is -2.14. The molecule has 0 fully saturated rings. The Labute approximate surface area is 172 Å². The third kappa shape index (κ3) is 3.45. The van der Waals surface area contributed by atoms with Crippen LogP contribution in [0.5, 0.6) is 5.75 Å². The molecule has 0 saturated heterocycles. The highest BCUT2D eigenvalue weighted by Gasteiger charge is 2.27. The lowest BCUT2D eigenvalue weighted by atomic mass is 9.99. The smallest absolute Gasteiger partial charge is 0.252 e. The van der Waals surface area contributed by atoms with E-state index in [0.29, 0.717) is 23.6 Å². The molecule has 5 rings (SSSR count). The van der Waals surface area contributed by atoms with Crippen molar-refractivity contribution in [3.05, 3.63) is 83.3 Å². The predicted octanol–water partition coefficient (Wildman–Crippen LogP) is 4.62. The van der Waals surface area contributed by atoms with Gasteiger partial charge < -0.3 is 15.0 Å². The second-order valence-corrected chi connectivity index (χ2v) is 7.55. The van der Waals surface area contributed by atoms with Crippen LogP contribution in [0.3, 0.4) is 0 Å². The molecule has 1 amide bonds. The summed E-state index contributed by atoms with van der Waals surface area (Å²) in [5, 5.41) is 4.74. The van der Waals surface area contributed by atoms with Crippen molar-refractivity contribution >= 4 is 28.4 Å². The summed E-state index contributed by atoms with van der Waals surface area (Å²) in [4.78, 5) is 19.5. The standard InChI is InChI=1S/C23H18ClN3O2/c24-18-9-17-10-19(13-27-23(28)16-2-1-6-25-12-16)29-22(17)20(11-18)14-3-4-21-15(8-14)5-7-26-21/h1-9,11-12,19,26H,10,13H2,(H,27,28). The van der Waals surface area contributed by atoms with Gasteiger partial charge in [-0.05, 0) is 53.4 Å². The minimum absolute atomic E-state index is 0.140. The molecule has 0 saturated carbocycles. The van der Waals surface area contributed by atoms with Crippen LogP contribution in [0.25, 0.3) is 22.0 Å². The molecule has 144 valence electrons. The highest BCUT2D eigenvalue weighted by molar-refractivity contribution is 6.31. The SMILES string of the molecule is O=C(NCC1Cc2cc(Cl)cc(-c3ccc4[nH]ccc4c3)c2O1)c1cccnc1. The largest absolute Gasteiger partial charge is 0.487 e. The highest BCUT2D eigenvalue weighted by Crippen LogP contribution is 2.41. The van der Waals surface area contributed by atoms with Crippen molar-refractivity contribution < 1.29 is 9.53 Å². The first-order chi connectivity index (χ1) is 14.2. The molecule has 2 aromatic carbocycles. The molecule has 29 heavy (non-hydrogen) atoms. The lowest BCUT2D eigenvalue weighted by molar-refractivity contribution is 0.0933. The Hall–Kier alpha value is -3.31. The molecule has 0 aliphatic carbocycles. The summed E-state index contributed by atoms with van der Waals surface area (Å²) < 4.78 is 6.23. The summed E-state index contributed by atoms with van der Waals surface area (Å²) in [7, 11) is 0. The third-order valence-corrected chi connectivity index (χ3v) is 5.36. The molecular formula is C23H18ClN3O2. The van der Waals surface area contributed by atoms with Crippen LogP contribution in [-0.2, 0) is 6.42 Å². The molecule has 1 aliphatic rings. The molecule has 2 aromatic heterocycles. The number of aromatic amines is 1. The molecular weight excluding hydrogens is 386 g/mol. The Bertz CT molecular complexity index is 1200. The summed E-state index contributed by atoms with van der Waals surface area (Å²) in [6, 6.07) is 15.6. The number of halogens is 1. The third-order valence-electron chi connectivity index (χ3n) is 5.14. The minimum Gasteiger partial charge on any atom is -0.487 e. The van der Waals surface area contributed by atoms with Gasteiger partial charge in [0.25, 0.3) is 5.91 Å². The first-order valence-electron chi connectivity index (χ1n) is 9.42. The van der Waals surface area contributed by atoms with E-state index in [-0.39, 0.29) is 12.0 Å². The number of carbonyl (C=O) groups is 1. The van der Waals surface area contributed by atoms with Gasteiger partial charge in [-0.2, -0.15) is 0 Å². The van der Waals surface area contributed by atoms with E-state index < -0.39 is 0 Å². The molecule has 1 atom stereocenters. The van der Waals surface area contributed by atoms with E-state index >= 15 is 0 Å². The summed E-state index contributed by atoms with van der Waals surface area (Å²) in [5.74, 6) is 0.679. The number of hydrogen-bond acceptors (Lipinski definition) is 3. The lowest BCUT2D eigenvalue weighted by Crippen LogP contribution is -2.34. The summed E-state index contributed by atoms with van der Waals surface area (Å²) >= 11 is 6.39. The Kier molecular flexibility index (Phi) is 4.45. The quantitative estimate of drug-likeness (QED) is 0.522. The molecule has 0 radical (unpaired) electrons. The van der Waals surface area contributed by atoms with Gasteiger partial charge in [-0.1, -0.05) is 17.7 Å². The van der Waals surface area contributed by atoms with Crippen molar-refractivity contribution in [1.29, 1.82) is 0 Å². The first-order valence-corrected chi connectivity index (χ1v) is 9.80. The first kappa shape index (κ1) is 17.8. The van der Waals surface area contributed by atoms with Gasteiger partial charge in [-0.3, -0.25) is 9.78 Å². The number of nitrogens with one attached hydrogen (secondary N) is 2. The van der Waals surface area contributed by atoms with Crippen LogP contribution in [0, 0.1) is 0 Å². The van der Waals surface area contributed by atoms with Crippen molar-refractivity contribution in [2.24, 2.45) is 0 Å². The molecule has 4 aromatic rings. The van der Waals surface area contributed by atoms with E-state index in [9.17, 15) is 4.79 Å². The number of rotatable bonds is 4. The fraction of sp³-hybridized carbons (Fsp3) is 0.130. The van der Waals surface area contributed by atoms with Gasteiger partial charge in [0, 0.05) is 46.7 Å². The van der Waals surface area contributed by atoms with E-state index in [4.69, 9.17) is 16.3 Å². The number of nitrogens with zero attached hydrogens (tertiary/aromatic N) is 1. The molecule has 0 bridgehead atoms. The maximum atomic E-state index is 12.3. The van der Waals surface area contributed by atoms with Crippen molar-refractivity contribution in [2.45, 2.75) is 12.5 Å². The maximum absolute atomic E-state index is 12.3. The number of pyridine rings is 1. The number of benzene rings is 2. The van der Waals surface area contributed by atoms with Gasteiger partial charge in [0.2, 0.25) is 0 Å². The number of aromatic nitrogens is 2. The molecule has 6 heteroatoms. The van der Waals surface area contributed by atoms with Gasteiger partial charge in [0.15, 0.2) is 0 Å². The monoisotopic (exact) mass is 403 g/mol. The van der Waals surface area contributed by atoms with E-state index in [2.05, 4.69) is 33.5 Å². The van der Waals surface area contributed by atoms with Crippen molar-refractivity contribution in [1.82, 2.24) is 15.3 Å². The van der Waals surface area contributed by atoms with Crippen LogP contribution in [0.4, 0.5) is 0 Å². The fourth-order valence-electron chi connectivity index (χ4n) is 3.75. The molecule has 0 spiro atoms. The van der Waals surface area contributed by atoms with Crippen LogP contribution in [0.1, 0.15) is 15.9 Å². The van der Waals surface area contributed by atoms with Gasteiger partial charge in [-0.25, -0.2) is 0 Å². The van der Waals surface area contributed by atoms with Gasteiger partial charge >= 0.3 is 0 Å². The second-order valence-electron chi connectivity index (χ2n) is 7.12. The number of H-pyrrole nitrogens is 1. The molecule has 3 heterocycles. The summed E-state index contributed by atoms with van der Waals surface area (Å²) in [6.45, 7) is 0.413. The maximum Gasteiger partial charge on any atom is 0.252 e. The normalized spacial score (nSPS) is 15.1. The van der Waals surface area contributed by atoms with Crippen LogP contribution in [0.2, 0.25) is 5.02 Å². The summed E-state index contributed by atoms with van der Waals surface area (Å²) in [5.41, 5.74) is 4.70. The second kappa shape index (κ2) is 7.26. The number of hydrogen-bond donors (Lipinski definition) is 2. The highest BCUT2D eigenvalue weighted by atomic mass is 35.5. The number of carbonyl (C=O) groups excluding carboxylic acids is 1. The van der Waals surface area contributed by atoms with Crippen LogP contribution in [-0.4, -0.2) is 28.5 Å². The van der Waals surface area contributed by atoms with Crippen LogP contribution < -0.4 is 10.1 Å². The van der Waals surface area contributed by atoms with Gasteiger partial charge in [0.1, 0.15) is 11.9 Å². The van der Waals surface area contributed by atoms with Gasteiger partial charge in [-0.15, -0.1) is 0 Å². The van der Waals surface area contributed by atoms with E-state index in [0.717, 1.165) is 33.3 Å².